The van der Waals surface area contributed by atoms with Gasteiger partial charge < -0.3 is 24.5 Å². The topological polar surface area (TPSA) is 93.6 Å². The minimum atomic E-state index is -0.814. The Labute approximate surface area is 266 Å². The summed E-state index contributed by atoms with van der Waals surface area (Å²) in [5, 5.41) is 10.8. The Morgan fingerprint density at radius 2 is 1.75 bits per heavy atom. The van der Waals surface area contributed by atoms with Crippen molar-refractivity contribution in [1.29, 1.82) is 0 Å². The number of morpholine rings is 1. The SMILES string of the molecule is C=CCN(CCN1CCOCC1)C(=O)C1N([C@H](CO)c2ccccc2)C(=O)[C@@H]2[C@H](C(=O)N(CC=C)CCC)[C@]3(C)CCC12S3. The van der Waals surface area contributed by atoms with Gasteiger partial charge in [0.2, 0.25) is 17.7 Å². The summed E-state index contributed by atoms with van der Waals surface area (Å²) in [6.07, 6.45) is 5.68. The van der Waals surface area contributed by atoms with Gasteiger partial charge in [-0.15, -0.1) is 24.9 Å². The molecule has 1 aromatic rings. The predicted octanol–water partition coefficient (Wildman–Crippen LogP) is 2.97. The summed E-state index contributed by atoms with van der Waals surface area (Å²) in [4.78, 5) is 51.6. The van der Waals surface area contributed by atoms with E-state index < -0.39 is 33.4 Å². The lowest BCUT2D eigenvalue weighted by Crippen LogP contribution is -2.56. The zero-order valence-corrected chi connectivity index (χ0v) is 27.1. The number of aliphatic hydroxyl groups is 1. The van der Waals surface area contributed by atoms with Gasteiger partial charge in [0.15, 0.2) is 0 Å². The van der Waals surface area contributed by atoms with Crippen LogP contribution in [0.5, 0.6) is 0 Å². The third kappa shape index (κ3) is 5.74. The lowest BCUT2D eigenvalue weighted by molar-refractivity contribution is -0.148. The van der Waals surface area contributed by atoms with Crippen molar-refractivity contribution >= 4 is 29.5 Å². The van der Waals surface area contributed by atoms with Crippen LogP contribution in [0.2, 0.25) is 0 Å². The molecule has 4 aliphatic rings. The molecule has 6 atom stereocenters. The van der Waals surface area contributed by atoms with Crippen molar-refractivity contribution in [2.45, 2.75) is 54.7 Å². The van der Waals surface area contributed by atoms with E-state index in [0.29, 0.717) is 52.4 Å². The molecule has 0 aromatic heterocycles. The van der Waals surface area contributed by atoms with Gasteiger partial charge in [-0.2, -0.15) is 0 Å². The van der Waals surface area contributed by atoms with Crippen LogP contribution >= 0.6 is 11.8 Å². The zero-order chi connectivity index (χ0) is 31.5. The van der Waals surface area contributed by atoms with Gasteiger partial charge in [0.1, 0.15) is 6.04 Å². The fraction of sp³-hybridized carbons (Fsp3) is 0.618. The summed E-state index contributed by atoms with van der Waals surface area (Å²) in [7, 11) is 0. The molecule has 44 heavy (non-hydrogen) atoms. The predicted molar refractivity (Wildman–Crippen MR) is 173 cm³/mol. The van der Waals surface area contributed by atoms with Crippen LogP contribution in [0.3, 0.4) is 0 Å². The molecule has 4 heterocycles. The van der Waals surface area contributed by atoms with Gasteiger partial charge in [-0.25, -0.2) is 0 Å². The van der Waals surface area contributed by atoms with E-state index in [4.69, 9.17) is 4.74 Å². The minimum Gasteiger partial charge on any atom is -0.394 e. The largest absolute Gasteiger partial charge is 0.394 e. The summed E-state index contributed by atoms with van der Waals surface area (Å²) in [5.74, 6) is -1.59. The van der Waals surface area contributed by atoms with Crippen LogP contribution in [-0.4, -0.2) is 124 Å². The van der Waals surface area contributed by atoms with E-state index in [2.05, 4.69) is 25.0 Å². The molecule has 4 aliphatic heterocycles. The van der Waals surface area contributed by atoms with Crippen molar-refractivity contribution in [1.82, 2.24) is 19.6 Å². The highest BCUT2D eigenvalue weighted by Crippen LogP contribution is 2.72. The van der Waals surface area contributed by atoms with E-state index in [1.54, 1.807) is 28.8 Å². The maximum atomic E-state index is 14.9. The van der Waals surface area contributed by atoms with E-state index in [9.17, 15) is 19.5 Å². The first-order chi connectivity index (χ1) is 21.3. The molecule has 1 aromatic carbocycles. The number of amides is 3. The number of hydrogen-bond acceptors (Lipinski definition) is 7. The molecule has 0 aliphatic carbocycles. The highest BCUT2D eigenvalue weighted by Gasteiger charge is 2.78. The molecule has 240 valence electrons. The number of ether oxygens (including phenoxy) is 1. The number of likely N-dealkylation sites (tertiary alicyclic amines) is 1. The van der Waals surface area contributed by atoms with Crippen LogP contribution < -0.4 is 0 Å². The van der Waals surface area contributed by atoms with Crippen LogP contribution in [0.1, 0.15) is 44.7 Å². The lowest BCUT2D eigenvalue weighted by Gasteiger charge is -2.40. The van der Waals surface area contributed by atoms with Gasteiger partial charge in [0.05, 0.1) is 42.4 Å². The van der Waals surface area contributed by atoms with Gasteiger partial charge >= 0.3 is 0 Å². The maximum Gasteiger partial charge on any atom is 0.247 e. The third-order valence-electron chi connectivity index (χ3n) is 10.0. The molecule has 9 nitrogen and oxygen atoms in total. The first kappa shape index (κ1) is 32.7. The molecule has 5 rings (SSSR count). The van der Waals surface area contributed by atoms with Gasteiger partial charge in [-0.3, -0.25) is 19.3 Å². The maximum absolute atomic E-state index is 14.9. The number of rotatable bonds is 14. The fourth-order valence-corrected chi connectivity index (χ4v) is 10.3. The van der Waals surface area contributed by atoms with Crippen LogP contribution in [0, 0.1) is 11.8 Å². The number of carbonyl (C=O) groups is 3. The molecule has 1 N–H and O–H groups in total. The van der Waals surface area contributed by atoms with Gasteiger partial charge in [-0.05, 0) is 31.7 Å². The van der Waals surface area contributed by atoms with Crippen LogP contribution in [0.4, 0.5) is 0 Å². The van der Waals surface area contributed by atoms with Crippen molar-refractivity contribution in [2.24, 2.45) is 11.8 Å². The van der Waals surface area contributed by atoms with Crippen LogP contribution in [0.15, 0.2) is 55.6 Å². The smallest absolute Gasteiger partial charge is 0.247 e. The fourth-order valence-electron chi connectivity index (χ4n) is 8.01. The molecule has 4 fully saturated rings. The second-order valence-corrected chi connectivity index (χ2v) is 14.6. The zero-order valence-electron chi connectivity index (χ0n) is 26.2. The van der Waals surface area contributed by atoms with Crippen molar-refractivity contribution in [3.8, 4) is 0 Å². The molecule has 1 spiro atoms. The van der Waals surface area contributed by atoms with Gasteiger partial charge in [-0.1, -0.05) is 49.4 Å². The average Bonchev–Trinajstić information content (AvgIpc) is 3.60. The van der Waals surface area contributed by atoms with E-state index >= 15 is 0 Å². The molecule has 2 unspecified atom stereocenters. The Hall–Kier alpha value is -2.66. The normalized spacial score (nSPS) is 30.2. The van der Waals surface area contributed by atoms with Crippen molar-refractivity contribution in [2.75, 3.05) is 65.6 Å². The van der Waals surface area contributed by atoms with E-state index in [1.807, 2.05) is 47.1 Å². The minimum absolute atomic E-state index is 0.0368. The summed E-state index contributed by atoms with van der Waals surface area (Å²) < 4.78 is 4.28. The standard InChI is InChI=1S/C34H48N4O5S/c1-5-15-36(16-6-2)30(40)27-28-31(41)38(26(24-39)25-11-9-8-10-12-25)29(34(28)14-13-33(27,4)44-34)32(42)37(17-7-3)19-18-35-20-22-43-23-21-35/h5,7-12,26-29,39H,1,3,6,13-24H2,2,4H3/t26-,27-,28+,29?,33+,34?/m1/s1. The molecule has 2 bridgehead atoms. The van der Waals surface area contributed by atoms with Crippen molar-refractivity contribution < 1.29 is 24.2 Å². The number of carbonyl (C=O) groups excluding carboxylic acids is 3. The summed E-state index contributed by atoms with van der Waals surface area (Å²) in [5.41, 5.74) is 0.772. The molecular weight excluding hydrogens is 576 g/mol. The third-order valence-corrected chi connectivity index (χ3v) is 12.0. The highest BCUT2D eigenvalue weighted by molar-refractivity contribution is 8.02. The number of benzene rings is 1. The van der Waals surface area contributed by atoms with Gasteiger partial charge in [0, 0.05) is 50.6 Å². The molecule has 4 saturated heterocycles. The molecule has 10 heteroatoms. The lowest BCUT2D eigenvalue weighted by atomic mass is 9.66. The van der Waals surface area contributed by atoms with Crippen LogP contribution in [0.25, 0.3) is 0 Å². The first-order valence-corrected chi connectivity index (χ1v) is 16.9. The number of hydrogen-bond donors (Lipinski definition) is 1. The Kier molecular flexibility index (Phi) is 10.2. The Balaban J connectivity index is 1.56. The summed E-state index contributed by atoms with van der Waals surface area (Å²) >= 11 is 1.67. The van der Waals surface area contributed by atoms with Gasteiger partial charge in [0.25, 0.3) is 0 Å². The van der Waals surface area contributed by atoms with Crippen molar-refractivity contribution in [3.05, 3.63) is 61.2 Å². The summed E-state index contributed by atoms with van der Waals surface area (Å²) in [6, 6.07) is 7.92. The Morgan fingerprint density at radius 3 is 2.36 bits per heavy atom. The monoisotopic (exact) mass is 624 g/mol. The van der Waals surface area contributed by atoms with Crippen molar-refractivity contribution in [3.63, 3.8) is 0 Å². The number of nitrogens with zero attached hydrogens (tertiary/aromatic N) is 4. The summed E-state index contributed by atoms with van der Waals surface area (Å²) in [6.45, 7) is 17.1. The molecule has 0 saturated carbocycles. The quantitative estimate of drug-likeness (QED) is 0.318. The molecule has 0 radical (unpaired) electrons. The number of aliphatic hydroxyl groups excluding tert-OH is 1. The molecular formula is C34H48N4O5S. The second-order valence-electron chi connectivity index (χ2n) is 12.7. The Morgan fingerprint density at radius 1 is 1.09 bits per heavy atom. The molecule has 3 amide bonds. The number of fused-ring (bicyclic) bond motifs is 1. The van der Waals surface area contributed by atoms with E-state index in [-0.39, 0.29) is 24.3 Å². The highest BCUT2D eigenvalue weighted by atomic mass is 32.2. The van der Waals surface area contributed by atoms with Crippen LogP contribution in [-0.2, 0) is 19.1 Å². The average molecular weight is 625 g/mol. The number of thioether (sulfide) groups is 1. The van der Waals surface area contributed by atoms with E-state index in [1.165, 1.54) is 0 Å². The first-order valence-electron chi connectivity index (χ1n) is 16.0. The second kappa shape index (κ2) is 13.8. The Bertz CT molecular complexity index is 1230. The van der Waals surface area contributed by atoms with E-state index in [0.717, 1.165) is 31.5 Å².